The zero-order valence-electron chi connectivity index (χ0n) is 16.1. The third-order valence-electron chi connectivity index (χ3n) is 4.92. The number of benzene rings is 2. The first-order chi connectivity index (χ1) is 14.1. The number of rotatable bonds is 7. The third-order valence-corrected chi connectivity index (χ3v) is 4.92. The van der Waals surface area contributed by atoms with Crippen molar-refractivity contribution >= 4 is 17.5 Å². The molecule has 1 aliphatic rings. The number of amides is 2. The van der Waals surface area contributed by atoms with Gasteiger partial charge in [-0.05, 0) is 65.6 Å². The van der Waals surface area contributed by atoms with Crippen LogP contribution in [-0.2, 0) is 16.0 Å². The lowest BCUT2D eigenvalue weighted by molar-refractivity contribution is -0.121. The summed E-state index contributed by atoms with van der Waals surface area (Å²) in [6.07, 6.45) is 3.77. The maximum Gasteiger partial charge on any atom is 0.227 e. The summed E-state index contributed by atoms with van der Waals surface area (Å²) in [6, 6.07) is 15.0. The number of nitrogens with zero attached hydrogens (tertiary/aromatic N) is 4. The molecule has 0 radical (unpaired) electrons. The minimum absolute atomic E-state index is 0.0567. The molecule has 8 nitrogen and oxygen atoms in total. The van der Waals surface area contributed by atoms with E-state index in [-0.39, 0.29) is 30.2 Å². The standard InChI is InChI=1S/C21H22N6O2/c1-14(16-6-8-18(9-7-16)24-21(29)17-4-5-17)23-20(28)12-15-2-10-19(11-3-15)27-13-22-25-26-27/h2-3,6-11,13-14,17H,4-5,12H2,1H3,(H,23,28)(H,24,29)/t14-/m1/s1. The highest BCUT2D eigenvalue weighted by Gasteiger charge is 2.29. The molecule has 2 amide bonds. The smallest absolute Gasteiger partial charge is 0.227 e. The summed E-state index contributed by atoms with van der Waals surface area (Å²) >= 11 is 0. The van der Waals surface area contributed by atoms with Crippen LogP contribution in [0.3, 0.4) is 0 Å². The van der Waals surface area contributed by atoms with E-state index in [1.165, 1.54) is 6.33 Å². The molecule has 148 valence electrons. The second-order valence-corrected chi connectivity index (χ2v) is 7.27. The summed E-state index contributed by atoms with van der Waals surface area (Å²) < 4.78 is 1.56. The van der Waals surface area contributed by atoms with E-state index >= 15 is 0 Å². The van der Waals surface area contributed by atoms with E-state index < -0.39 is 0 Å². The van der Waals surface area contributed by atoms with E-state index in [4.69, 9.17) is 0 Å². The van der Waals surface area contributed by atoms with Gasteiger partial charge in [0.15, 0.2) is 0 Å². The number of hydrogen-bond donors (Lipinski definition) is 2. The molecule has 0 aliphatic heterocycles. The minimum Gasteiger partial charge on any atom is -0.349 e. The largest absolute Gasteiger partial charge is 0.349 e. The van der Waals surface area contributed by atoms with Crippen molar-refractivity contribution in [1.82, 2.24) is 25.5 Å². The normalized spacial score (nSPS) is 14.2. The molecule has 0 bridgehead atoms. The van der Waals surface area contributed by atoms with Crippen LogP contribution in [0.4, 0.5) is 5.69 Å². The lowest BCUT2D eigenvalue weighted by Gasteiger charge is -2.15. The van der Waals surface area contributed by atoms with E-state index in [2.05, 4.69) is 26.2 Å². The topological polar surface area (TPSA) is 102 Å². The number of tetrazole rings is 1. The van der Waals surface area contributed by atoms with Crippen molar-refractivity contribution in [2.45, 2.75) is 32.2 Å². The van der Waals surface area contributed by atoms with Crippen LogP contribution in [-0.4, -0.2) is 32.0 Å². The van der Waals surface area contributed by atoms with Gasteiger partial charge in [0.2, 0.25) is 11.8 Å². The molecule has 1 fully saturated rings. The minimum atomic E-state index is -0.129. The molecule has 1 aliphatic carbocycles. The molecule has 3 aromatic rings. The summed E-state index contributed by atoms with van der Waals surface area (Å²) in [5, 5.41) is 17.0. The van der Waals surface area contributed by atoms with Gasteiger partial charge in [-0.15, -0.1) is 5.10 Å². The van der Waals surface area contributed by atoms with Crippen LogP contribution in [0.25, 0.3) is 5.69 Å². The van der Waals surface area contributed by atoms with Gasteiger partial charge in [-0.2, -0.15) is 0 Å². The van der Waals surface area contributed by atoms with Gasteiger partial charge in [0.25, 0.3) is 0 Å². The van der Waals surface area contributed by atoms with Crippen LogP contribution in [0.5, 0.6) is 0 Å². The van der Waals surface area contributed by atoms with Gasteiger partial charge in [-0.1, -0.05) is 24.3 Å². The van der Waals surface area contributed by atoms with Gasteiger partial charge in [-0.25, -0.2) is 4.68 Å². The van der Waals surface area contributed by atoms with Crippen molar-refractivity contribution < 1.29 is 9.59 Å². The van der Waals surface area contributed by atoms with Gasteiger partial charge in [0, 0.05) is 11.6 Å². The Morgan fingerprint density at radius 3 is 2.45 bits per heavy atom. The van der Waals surface area contributed by atoms with Crippen molar-refractivity contribution in [1.29, 1.82) is 0 Å². The van der Waals surface area contributed by atoms with Gasteiger partial charge < -0.3 is 10.6 Å². The maximum atomic E-state index is 12.4. The SMILES string of the molecule is C[C@@H](NC(=O)Cc1ccc(-n2cnnn2)cc1)c1ccc(NC(=O)C2CC2)cc1. The monoisotopic (exact) mass is 390 g/mol. The summed E-state index contributed by atoms with van der Waals surface area (Å²) in [5.74, 6) is 0.207. The highest BCUT2D eigenvalue weighted by molar-refractivity contribution is 5.94. The molecule has 2 aromatic carbocycles. The van der Waals surface area contributed by atoms with Crippen LogP contribution >= 0.6 is 0 Å². The van der Waals surface area contributed by atoms with Crippen molar-refractivity contribution in [3.8, 4) is 5.69 Å². The summed E-state index contributed by atoms with van der Waals surface area (Å²) in [7, 11) is 0. The second kappa shape index (κ2) is 8.22. The summed E-state index contributed by atoms with van der Waals surface area (Å²) in [5.41, 5.74) is 3.51. The van der Waals surface area contributed by atoms with Crippen LogP contribution in [0.2, 0.25) is 0 Å². The molecular formula is C21H22N6O2. The Hall–Kier alpha value is -3.55. The van der Waals surface area contributed by atoms with Crippen molar-refractivity contribution in [3.05, 3.63) is 66.0 Å². The van der Waals surface area contributed by atoms with E-state index in [1.807, 2.05) is 55.5 Å². The zero-order chi connectivity index (χ0) is 20.2. The average molecular weight is 390 g/mol. The molecule has 29 heavy (non-hydrogen) atoms. The number of nitrogens with one attached hydrogen (secondary N) is 2. The van der Waals surface area contributed by atoms with Crippen molar-refractivity contribution in [2.24, 2.45) is 5.92 Å². The third kappa shape index (κ3) is 4.84. The second-order valence-electron chi connectivity index (χ2n) is 7.27. The molecule has 0 saturated heterocycles. The van der Waals surface area contributed by atoms with E-state index in [1.54, 1.807) is 4.68 Å². The quantitative estimate of drug-likeness (QED) is 0.645. The number of carbonyl (C=O) groups is 2. The predicted molar refractivity (Wildman–Crippen MR) is 107 cm³/mol. The predicted octanol–water partition coefficient (Wildman–Crippen LogP) is 2.43. The van der Waals surface area contributed by atoms with Crippen LogP contribution < -0.4 is 10.6 Å². The number of carbonyl (C=O) groups excluding carboxylic acids is 2. The van der Waals surface area contributed by atoms with Gasteiger partial charge in [-0.3, -0.25) is 9.59 Å². The first-order valence-corrected chi connectivity index (χ1v) is 9.61. The van der Waals surface area contributed by atoms with E-state index in [0.717, 1.165) is 35.3 Å². The molecule has 1 aromatic heterocycles. The fraction of sp³-hybridized carbons (Fsp3) is 0.286. The van der Waals surface area contributed by atoms with Crippen LogP contribution in [0.15, 0.2) is 54.9 Å². The maximum absolute atomic E-state index is 12.4. The zero-order valence-corrected chi connectivity index (χ0v) is 16.1. The Bertz CT molecular complexity index is 979. The average Bonchev–Trinajstić information content (AvgIpc) is 3.44. The Kier molecular flexibility index (Phi) is 5.33. The number of hydrogen-bond acceptors (Lipinski definition) is 5. The van der Waals surface area contributed by atoms with Crippen molar-refractivity contribution in [2.75, 3.05) is 5.32 Å². The molecule has 1 saturated carbocycles. The first kappa shape index (κ1) is 18.8. The van der Waals surface area contributed by atoms with E-state index in [0.29, 0.717) is 0 Å². The van der Waals surface area contributed by atoms with Gasteiger partial charge in [0.05, 0.1) is 18.2 Å². The number of anilines is 1. The van der Waals surface area contributed by atoms with Crippen LogP contribution in [0.1, 0.15) is 36.9 Å². The lowest BCUT2D eigenvalue weighted by Crippen LogP contribution is -2.28. The number of aromatic nitrogens is 4. The molecule has 0 spiro atoms. The lowest BCUT2D eigenvalue weighted by atomic mass is 10.1. The van der Waals surface area contributed by atoms with Gasteiger partial charge in [0.1, 0.15) is 6.33 Å². The fourth-order valence-electron chi connectivity index (χ4n) is 3.05. The summed E-state index contributed by atoms with van der Waals surface area (Å²) in [6.45, 7) is 1.94. The molecule has 4 rings (SSSR count). The highest BCUT2D eigenvalue weighted by atomic mass is 16.2. The van der Waals surface area contributed by atoms with Crippen LogP contribution in [0, 0.1) is 5.92 Å². The molecule has 0 unspecified atom stereocenters. The molecule has 1 atom stereocenters. The Labute approximate surface area is 168 Å². The molecular weight excluding hydrogens is 368 g/mol. The molecule has 8 heteroatoms. The van der Waals surface area contributed by atoms with Gasteiger partial charge >= 0.3 is 0 Å². The highest BCUT2D eigenvalue weighted by Crippen LogP contribution is 2.30. The Morgan fingerprint density at radius 1 is 1.10 bits per heavy atom. The van der Waals surface area contributed by atoms with Crippen molar-refractivity contribution in [3.63, 3.8) is 0 Å². The Balaban J connectivity index is 1.30. The molecule has 1 heterocycles. The Morgan fingerprint density at radius 2 is 1.83 bits per heavy atom. The summed E-state index contributed by atoms with van der Waals surface area (Å²) in [4.78, 5) is 24.2. The molecule has 2 N–H and O–H groups in total. The first-order valence-electron chi connectivity index (χ1n) is 9.61. The van der Waals surface area contributed by atoms with E-state index in [9.17, 15) is 9.59 Å². The fourth-order valence-corrected chi connectivity index (χ4v) is 3.05.